The third-order valence-electron chi connectivity index (χ3n) is 3.57. The summed E-state index contributed by atoms with van der Waals surface area (Å²) in [7, 11) is 0. The van der Waals surface area contributed by atoms with E-state index in [1.807, 2.05) is 30.3 Å². The number of ether oxygens (including phenoxy) is 1. The average Bonchev–Trinajstić information content (AvgIpc) is 2.61. The van der Waals surface area contributed by atoms with E-state index in [-0.39, 0.29) is 0 Å². The molecule has 0 spiro atoms. The summed E-state index contributed by atoms with van der Waals surface area (Å²) < 4.78 is 6.36. The summed E-state index contributed by atoms with van der Waals surface area (Å²) in [5.41, 5.74) is 1.47. The molecule has 0 aliphatic heterocycles. The maximum absolute atomic E-state index is 12.2. The van der Waals surface area contributed by atoms with Gasteiger partial charge in [0.2, 0.25) is 0 Å². The lowest BCUT2D eigenvalue weighted by atomic mass is 10.1. The number of hydrogen-bond donors (Lipinski definition) is 1. The van der Waals surface area contributed by atoms with Crippen LogP contribution in [0, 0.1) is 0 Å². The van der Waals surface area contributed by atoms with Crippen LogP contribution in [0.25, 0.3) is 11.1 Å². The molecule has 0 aliphatic rings. The van der Waals surface area contributed by atoms with E-state index in [4.69, 9.17) is 9.84 Å². The lowest BCUT2D eigenvalue weighted by Crippen LogP contribution is -2.26. The summed E-state index contributed by atoms with van der Waals surface area (Å²) in [5, 5.41) is 9.00. The average molecular weight is 321 g/mol. The van der Waals surface area contributed by atoms with Gasteiger partial charge in [0.1, 0.15) is 12.4 Å². The summed E-state index contributed by atoms with van der Waals surface area (Å²) in [6, 6.07) is 19.9. The minimum absolute atomic E-state index is 0.328. The second kappa shape index (κ2) is 6.83. The first-order valence-electron chi connectivity index (χ1n) is 7.37. The number of carbonyl (C=O) groups is 1. The molecular formula is C19H15NO4. The van der Waals surface area contributed by atoms with Crippen LogP contribution in [0.15, 0.2) is 77.7 Å². The van der Waals surface area contributed by atoms with E-state index in [0.29, 0.717) is 28.1 Å². The first-order valence-corrected chi connectivity index (χ1v) is 7.37. The van der Waals surface area contributed by atoms with Gasteiger partial charge < -0.3 is 9.84 Å². The van der Waals surface area contributed by atoms with E-state index < -0.39 is 11.7 Å². The van der Waals surface area contributed by atoms with Crippen LogP contribution in [-0.4, -0.2) is 15.8 Å². The molecule has 1 heterocycles. The Labute approximate surface area is 138 Å². The molecule has 120 valence electrons. The van der Waals surface area contributed by atoms with Crippen molar-refractivity contribution in [2.75, 3.05) is 0 Å². The quantitative estimate of drug-likeness (QED) is 0.797. The van der Waals surface area contributed by atoms with E-state index in [1.54, 1.807) is 30.3 Å². The number of pyridine rings is 1. The Morgan fingerprint density at radius 3 is 2.33 bits per heavy atom. The van der Waals surface area contributed by atoms with Gasteiger partial charge in [0.15, 0.2) is 0 Å². The minimum atomic E-state index is -1.30. The van der Waals surface area contributed by atoms with E-state index in [2.05, 4.69) is 0 Å². The number of nitrogens with zero attached hydrogens (tertiary/aromatic N) is 1. The van der Waals surface area contributed by atoms with Gasteiger partial charge in [-0.1, -0.05) is 42.5 Å². The van der Waals surface area contributed by atoms with Gasteiger partial charge in [-0.05, 0) is 35.4 Å². The van der Waals surface area contributed by atoms with Crippen molar-refractivity contribution < 1.29 is 14.6 Å². The smallest absolute Gasteiger partial charge is 0.418 e. The predicted molar refractivity (Wildman–Crippen MR) is 90.3 cm³/mol. The molecule has 1 N–H and O–H groups in total. The predicted octanol–water partition coefficient (Wildman–Crippen LogP) is 3.62. The van der Waals surface area contributed by atoms with Gasteiger partial charge in [0.05, 0.1) is 0 Å². The Morgan fingerprint density at radius 2 is 1.67 bits per heavy atom. The number of aromatic nitrogens is 1. The Balaban J connectivity index is 1.79. The maximum atomic E-state index is 12.2. The molecule has 3 aromatic rings. The molecule has 0 fully saturated rings. The third kappa shape index (κ3) is 3.35. The number of benzene rings is 2. The monoisotopic (exact) mass is 321 g/mol. The standard InChI is InChI=1S/C19H15NO4/c21-18-17(7-4-12-20(18)19(22)23)15-8-10-16(11-9-15)24-13-14-5-2-1-3-6-14/h1-12H,13H2,(H,22,23). The summed E-state index contributed by atoms with van der Waals surface area (Å²) in [4.78, 5) is 23.2. The van der Waals surface area contributed by atoms with Crippen molar-refractivity contribution in [1.82, 2.24) is 4.57 Å². The number of rotatable bonds is 4. The van der Waals surface area contributed by atoms with E-state index in [1.165, 1.54) is 12.3 Å². The van der Waals surface area contributed by atoms with Crippen LogP contribution >= 0.6 is 0 Å². The van der Waals surface area contributed by atoms with Crippen molar-refractivity contribution in [2.45, 2.75) is 6.61 Å². The molecule has 0 atom stereocenters. The van der Waals surface area contributed by atoms with Crippen LogP contribution in [-0.2, 0) is 6.61 Å². The second-order valence-electron chi connectivity index (χ2n) is 5.18. The largest absolute Gasteiger partial charge is 0.489 e. The van der Waals surface area contributed by atoms with Crippen LogP contribution in [0.4, 0.5) is 4.79 Å². The van der Waals surface area contributed by atoms with Gasteiger partial charge in [-0.25, -0.2) is 9.36 Å². The van der Waals surface area contributed by atoms with Crippen molar-refractivity contribution >= 4 is 6.09 Å². The molecule has 1 aromatic heterocycles. The fourth-order valence-electron chi connectivity index (χ4n) is 2.34. The molecule has 0 amide bonds. The molecule has 0 saturated heterocycles. The summed E-state index contributed by atoms with van der Waals surface area (Å²) in [5.74, 6) is 0.678. The second-order valence-corrected chi connectivity index (χ2v) is 5.18. The molecule has 3 rings (SSSR count). The maximum Gasteiger partial charge on any atom is 0.418 e. The van der Waals surface area contributed by atoms with Crippen molar-refractivity contribution in [3.05, 3.63) is 88.8 Å². The van der Waals surface area contributed by atoms with E-state index in [0.717, 1.165) is 5.56 Å². The number of hydrogen-bond acceptors (Lipinski definition) is 3. The molecule has 5 heteroatoms. The van der Waals surface area contributed by atoms with Crippen molar-refractivity contribution in [3.8, 4) is 16.9 Å². The highest BCUT2D eigenvalue weighted by atomic mass is 16.5. The fourth-order valence-corrected chi connectivity index (χ4v) is 2.34. The first-order chi connectivity index (χ1) is 11.6. The highest BCUT2D eigenvalue weighted by molar-refractivity contribution is 5.71. The van der Waals surface area contributed by atoms with Crippen LogP contribution in [0.5, 0.6) is 5.75 Å². The molecule has 5 nitrogen and oxygen atoms in total. The zero-order valence-electron chi connectivity index (χ0n) is 12.8. The van der Waals surface area contributed by atoms with Crippen molar-refractivity contribution in [1.29, 1.82) is 0 Å². The molecule has 24 heavy (non-hydrogen) atoms. The van der Waals surface area contributed by atoms with Crippen molar-refractivity contribution in [3.63, 3.8) is 0 Å². The molecular weight excluding hydrogens is 306 g/mol. The van der Waals surface area contributed by atoms with Crippen LogP contribution in [0.2, 0.25) is 0 Å². The van der Waals surface area contributed by atoms with Crippen molar-refractivity contribution in [2.24, 2.45) is 0 Å². The molecule has 2 aromatic carbocycles. The molecule has 0 radical (unpaired) electrons. The first kappa shape index (κ1) is 15.6. The van der Waals surface area contributed by atoms with Crippen LogP contribution < -0.4 is 10.3 Å². The highest BCUT2D eigenvalue weighted by Gasteiger charge is 2.09. The van der Waals surface area contributed by atoms with Gasteiger partial charge in [-0.2, -0.15) is 0 Å². The Bertz CT molecular complexity index is 899. The van der Waals surface area contributed by atoms with Gasteiger partial charge in [-0.15, -0.1) is 0 Å². The van der Waals surface area contributed by atoms with Gasteiger partial charge >= 0.3 is 6.09 Å². The Morgan fingerprint density at radius 1 is 0.958 bits per heavy atom. The van der Waals surface area contributed by atoms with Crippen LogP contribution in [0.3, 0.4) is 0 Å². The Hall–Kier alpha value is -3.34. The zero-order chi connectivity index (χ0) is 16.9. The SMILES string of the molecule is O=C(O)n1cccc(-c2ccc(OCc3ccccc3)cc2)c1=O. The molecule has 0 saturated carbocycles. The summed E-state index contributed by atoms with van der Waals surface area (Å²) >= 11 is 0. The molecule has 0 aliphatic carbocycles. The minimum Gasteiger partial charge on any atom is -0.489 e. The third-order valence-corrected chi connectivity index (χ3v) is 3.57. The molecule has 0 bridgehead atoms. The van der Waals surface area contributed by atoms with E-state index >= 15 is 0 Å². The lowest BCUT2D eigenvalue weighted by molar-refractivity contribution is 0.195. The molecule has 0 unspecified atom stereocenters. The highest BCUT2D eigenvalue weighted by Crippen LogP contribution is 2.20. The van der Waals surface area contributed by atoms with Crippen LogP contribution in [0.1, 0.15) is 5.56 Å². The normalized spacial score (nSPS) is 10.3. The van der Waals surface area contributed by atoms with Gasteiger partial charge in [-0.3, -0.25) is 4.79 Å². The summed E-state index contributed by atoms with van der Waals surface area (Å²) in [6.07, 6.45) is -0.0736. The van der Waals surface area contributed by atoms with E-state index in [9.17, 15) is 9.59 Å². The topological polar surface area (TPSA) is 68.5 Å². The summed E-state index contributed by atoms with van der Waals surface area (Å²) in [6.45, 7) is 0.456. The lowest BCUT2D eigenvalue weighted by Gasteiger charge is -2.08. The Kier molecular flexibility index (Phi) is 4.43. The fraction of sp³-hybridized carbons (Fsp3) is 0.0526. The zero-order valence-corrected chi connectivity index (χ0v) is 12.8. The van der Waals surface area contributed by atoms with Gasteiger partial charge in [0, 0.05) is 11.8 Å². The number of carboxylic acid groups (broad SMARTS) is 1. The van der Waals surface area contributed by atoms with Gasteiger partial charge in [0.25, 0.3) is 5.56 Å².